The van der Waals surface area contributed by atoms with Gasteiger partial charge < -0.3 is 24.8 Å². The Labute approximate surface area is 173 Å². The van der Waals surface area contributed by atoms with Crippen molar-refractivity contribution in [3.63, 3.8) is 0 Å². The molecule has 0 aliphatic rings. The Hall–Kier alpha value is -2.32. The Bertz CT molecular complexity index is 556. The number of alkyl carbamates (subject to hydrolysis) is 1. The van der Waals surface area contributed by atoms with Crippen molar-refractivity contribution in [3.05, 3.63) is 0 Å². The molecular weight excluding hydrogens is 380 g/mol. The maximum absolute atomic E-state index is 12.7. The van der Waals surface area contributed by atoms with Crippen molar-refractivity contribution in [2.75, 3.05) is 13.7 Å². The lowest BCUT2D eigenvalue weighted by molar-refractivity contribution is -0.147. The molecule has 0 aromatic carbocycles. The van der Waals surface area contributed by atoms with Crippen LogP contribution in [0, 0.1) is 5.92 Å². The summed E-state index contributed by atoms with van der Waals surface area (Å²) in [7, 11) is 1.23. The van der Waals surface area contributed by atoms with E-state index in [1.54, 1.807) is 34.6 Å². The number of unbranched alkanes of at least 4 members (excludes halogenated alkanes) is 1. The lowest BCUT2D eigenvalue weighted by Crippen LogP contribution is -2.54. The molecular formula is C20H36N2O7. The number of ether oxygens (including phenoxy) is 3. The average molecular weight is 417 g/mol. The van der Waals surface area contributed by atoms with E-state index in [2.05, 4.69) is 10.6 Å². The van der Waals surface area contributed by atoms with Crippen LogP contribution >= 0.6 is 0 Å². The molecule has 2 amide bonds. The Kier molecular flexibility index (Phi) is 12.0. The summed E-state index contributed by atoms with van der Waals surface area (Å²) in [5.41, 5.74) is -0.753. The van der Waals surface area contributed by atoms with Gasteiger partial charge in [0, 0.05) is 6.42 Å². The second-order valence-corrected chi connectivity index (χ2v) is 8.06. The largest absolute Gasteiger partial charge is 0.467 e. The molecule has 0 aliphatic carbocycles. The molecule has 0 aromatic rings. The summed E-state index contributed by atoms with van der Waals surface area (Å²) in [6.07, 6.45) is 0.782. The molecule has 0 heterocycles. The van der Waals surface area contributed by atoms with Gasteiger partial charge in [-0.05, 0) is 39.5 Å². The van der Waals surface area contributed by atoms with Gasteiger partial charge in [0.25, 0.3) is 0 Å². The molecule has 9 heteroatoms. The number of hydrogen-bond donors (Lipinski definition) is 2. The fourth-order valence-corrected chi connectivity index (χ4v) is 2.26. The third-order valence-electron chi connectivity index (χ3n) is 3.83. The van der Waals surface area contributed by atoms with Crippen LogP contribution in [0.4, 0.5) is 4.79 Å². The van der Waals surface area contributed by atoms with E-state index in [-0.39, 0.29) is 18.8 Å². The van der Waals surface area contributed by atoms with Gasteiger partial charge in [-0.15, -0.1) is 0 Å². The molecule has 0 aliphatic heterocycles. The van der Waals surface area contributed by atoms with Gasteiger partial charge in [-0.25, -0.2) is 9.59 Å². The second kappa shape index (κ2) is 13.0. The summed E-state index contributed by atoms with van der Waals surface area (Å²) in [6.45, 7) is 10.9. The molecule has 0 rings (SSSR count). The summed E-state index contributed by atoms with van der Waals surface area (Å²) < 4.78 is 15.0. The monoisotopic (exact) mass is 416 g/mol. The summed E-state index contributed by atoms with van der Waals surface area (Å²) >= 11 is 0. The number of nitrogens with one attached hydrogen (secondary N) is 2. The second-order valence-electron chi connectivity index (χ2n) is 8.06. The predicted molar refractivity (Wildman–Crippen MR) is 107 cm³/mol. The number of rotatable bonds is 11. The first-order valence-corrected chi connectivity index (χ1v) is 9.94. The van der Waals surface area contributed by atoms with Crippen LogP contribution in [0.25, 0.3) is 0 Å². The van der Waals surface area contributed by atoms with Crippen LogP contribution in [0.1, 0.15) is 67.2 Å². The molecule has 0 aromatic heterocycles. The lowest BCUT2D eigenvalue weighted by Gasteiger charge is -2.25. The highest BCUT2D eigenvalue weighted by Crippen LogP contribution is 2.10. The van der Waals surface area contributed by atoms with E-state index < -0.39 is 41.6 Å². The van der Waals surface area contributed by atoms with E-state index in [4.69, 9.17) is 14.2 Å². The van der Waals surface area contributed by atoms with E-state index in [1.807, 2.05) is 6.92 Å². The van der Waals surface area contributed by atoms with E-state index in [9.17, 15) is 19.2 Å². The van der Waals surface area contributed by atoms with Gasteiger partial charge in [0.15, 0.2) is 0 Å². The summed E-state index contributed by atoms with van der Waals surface area (Å²) in [5, 5.41) is 5.04. The minimum atomic E-state index is -1.07. The van der Waals surface area contributed by atoms with Crippen molar-refractivity contribution in [2.24, 2.45) is 5.92 Å². The molecule has 2 N–H and O–H groups in total. The average Bonchev–Trinajstić information content (AvgIpc) is 2.60. The fourth-order valence-electron chi connectivity index (χ4n) is 2.26. The molecule has 0 saturated carbocycles. The van der Waals surface area contributed by atoms with E-state index >= 15 is 0 Å². The zero-order valence-electron chi connectivity index (χ0n) is 18.6. The predicted octanol–water partition coefficient (Wildman–Crippen LogP) is 2.32. The topological polar surface area (TPSA) is 120 Å². The molecule has 2 atom stereocenters. The SMILES string of the molecule is CCCCOC(=O)CC[C@H](NC(=O)OC(C)(C)C)C(=O)N[C@H](C(=O)OC)C(C)C. The number of carbonyl (C=O) groups excluding carboxylic acids is 4. The molecule has 0 unspecified atom stereocenters. The smallest absolute Gasteiger partial charge is 0.408 e. The van der Waals surface area contributed by atoms with Gasteiger partial charge in [0.1, 0.15) is 17.7 Å². The highest BCUT2D eigenvalue weighted by atomic mass is 16.6. The quantitative estimate of drug-likeness (QED) is 0.301. The Morgan fingerprint density at radius 2 is 1.66 bits per heavy atom. The molecule has 29 heavy (non-hydrogen) atoms. The van der Waals surface area contributed by atoms with Crippen LogP contribution in [-0.2, 0) is 28.6 Å². The van der Waals surface area contributed by atoms with Crippen molar-refractivity contribution in [1.29, 1.82) is 0 Å². The first kappa shape index (κ1) is 26.7. The standard InChI is InChI=1S/C20H36N2O7/c1-8-9-12-28-15(23)11-10-14(21-19(26)29-20(4,5)6)17(24)22-16(13(2)3)18(25)27-7/h13-14,16H,8-12H2,1-7H3,(H,21,26)(H,22,24)/t14-,16-/m0/s1. The molecule has 0 fully saturated rings. The van der Waals surface area contributed by atoms with Crippen molar-refractivity contribution in [1.82, 2.24) is 10.6 Å². The zero-order valence-corrected chi connectivity index (χ0v) is 18.6. The third kappa shape index (κ3) is 12.0. The van der Waals surface area contributed by atoms with Gasteiger partial charge in [0.05, 0.1) is 13.7 Å². The van der Waals surface area contributed by atoms with Crippen molar-refractivity contribution in [3.8, 4) is 0 Å². The molecule has 0 spiro atoms. The van der Waals surface area contributed by atoms with Gasteiger partial charge in [-0.1, -0.05) is 27.2 Å². The maximum atomic E-state index is 12.7. The maximum Gasteiger partial charge on any atom is 0.408 e. The molecule has 0 radical (unpaired) electrons. The first-order chi connectivity index (χ1) is 13.4. The summed E-state index contributed by atoms with van der Waals surface area (Å²) in [5.74, 6) is -1.90. The van der Waals surface area contributed by atoms with Crippen molar-refractivity contribution in [2.45, 2.75) is 84.9 Å². The van der Waals surface area contributed by atoms with Crippen LogP contribution < -0.4 is 10.6 Å². The molecule has 168 valence electrons. The third-order valence-corrected chi connectivity index (χ3v) is 3.83. The van der Waals surface area contributed by atoms with E-state index in [0.717, 1.165) is 12.8 Å². The minimum Gasteiger partial charge on any atom is -0.467 e. The lowest BCUT2D eigenvalue weighted by atomic mass is 10.0. The Morgan fingerprint density at radius 3 is 2.14 bits per heavy atom. The number of hydrogen-bond acceptors (Lipinski definition) is 7. The van der Waals surface area contributed by atoms with Crippen LogP contribution in [-0.4, -0.2) is 55.3 Å². The van der Waals surface area contributed by atoms with Crippen LogP contribution in [0.2, 0.25) is 0 Å². The normalized spacial score (nSPS) is 13.2. The van der Waals surface area contributed by atoms with Gasteiger partial charge in [-0.3, -0.25) is 9.59 Å². The van der Waals surface area contributed by atoms with E-state index in [1.165, 1.54) is 7.11 Å². The number of methoxy groups -OCH3 is 1. The van der Waals surface area contributed by atoms with E-state index in [0.29, 0.717) is 6.61 Å². The summed E-state index contributed by atoms with van der Waals surface area (Å²) in [6, 6.07) is -1.96. The molecule has 0 bridgehead atoms. The number of carbonyl (C=O) groups is 4. The number of amides is 2. The molecule has 9 nitrogen and oxygen atoms in total. The first-order valence-electron chi connectivity index (χ1n) is 9.94. The highest BCUT2D eigenvalue weighted by molar-refractivity contribution is 5.90. The molecule has 0 saturated heterocycles. The Morgan fingerprint density at radius 1 is 1.03 bits per heavy atom. The zero-order chi connectivity index (χ0) is 22.6. The fraction of sp³-hybridized carbons (Fsp3) is 0.800. The van der Waals surface area contributed by atoms with Crippen molar-refractivity contribution < 1.29 is 33.4 Å². The van der Waals surface area contributed by atoms with Crippen LogP contribution in [0.3, 0.4) is 0 Å². The van der Waals surface area contributed by atoms with Crippen LogP contribution in [0.15, 0.2) is 0 Å². The minimum absolute atomic E-state index is 0.00201. The summed E-state index contributed by atoms with van der Waals surface area (Å²) in [4.78, 5) is 48.6. The van der Waals surface area contributed by atoms with Gasteiger partial charge in [0.2, 0.25) is 5.91 Å². The highest BCUT2D eigenvalue weighted by Gasteiger charge is 2.30. The van der Waals surface area contributed by atoms with Crippen molar-refractivity contribution >= 4 is 23.9 Å². The van der Waals surface area contributed by atoms with Gasteiger partial charge >= 0.3 is 18.0 Å². The Balaban J connectivity index is 5.13. The number of esters is 2. The van der Waals surface area contributed by atoms with Crippen LogP contribution in [0.5, 0.6) is 0 Å². The van der Waals surface area contributed by atoms with Gasteiger partial charge in [-0.2, -0.15) is 0 Å².